The zero-order valence-corrected chi connectivity index (χ0v) is 19.9. The Bertz CT molecular complexity index is 569. The molecule has 2 atom stereocenters. The van der Waals surface area contributed by atoms with Crippen molar-refractivity contribution in [2.45, 2.75) is 52.2 Å². The third-order valence-electron chi connectivity index (χ3n) is 4.31. The summed E-state index contributed by atoms with van der Waals surface area (Å²) in [5.41, 5.74) is 0. The van der Waals surface area contributed by atoms with Gasteiger partial charge in [0.2, 0.25) is 5.91 Å². The van der Waals surface area contributed by atoms with Crippen LogP contribution < -0.4 is 16.0 Å². The van der Waals surface area contributed by atoms with Gasteiger partial charge in [-0.2, -0.15) is 0 Å². The Hall–Kier alpha value is -0.620. The van der Waals surface area contributed by atoms with E-state index in [1.807, 2.05) is 6.92 Å². The number of ether oxygens (including phenoxy) is 1. The smallest absolute Gasteiger partial charge is 0.222 e. The highest BCUT2D eigenvalue weighted by atomic mass is 127. The number of carbonyl (C=O) groups is 1. The lowest BCUT2D eigenvalue weighted by atomic mass is 10.0. The van der Waals surface area contributed by atoms with Crippen molar-refractivity contribution in [1.29, 1.82) is 0 Å². The maximum Gasteiger partial charge on any atom is 0.222 e. The summed E-state index contributed by atoms with van der Waals surface area (Å²) in [5, 5.41) is 9.09. The molecule has 3 N–H and O–H groups in total. The van der Waals surface area contributed by atoms with Gasteiger partial charge in [0.25, 0.3) is 0 Å². The number of amides is 1. The Morgan fingerprint density at radius 2 is 1.93 bits per heavy atom. The first-order chi connectivity index (χ1) is 12.3. The molecule has 0 aromatic carbocycles. The molecule has 1 rings (SSSR count). The van der Waals surface area contributed by atoms with E-state index in [2.05, 4.69) is 34.8 Å². The van der Waals surface area contributed by atoms with Crippen LogP contribution in [0.5, 0.6) is 0 Å². The summed E-state index contributed by atoms with van der Waals surface area (Å²) < 4.78 is 28.5. The SMILES string of the molecule is CCOC(CCNC(=NC)NCCC(=O)NC1CCS(=O)(=O)C1)C(C)C.I. The van der Waals surface area contributed by atoms with E-state index >= 15 is 0 Å². The first kappa shape index (κ1) is 26.4. The van der Waals surface area contributed by atoms with Crippen molar-refractivity contribution >= 4 is 45.7 Å². The van der Waals surface area contributed by atoms with E-state index in [-0.39, 0.29) is 60.0 Å². The quantitative estimate of drug-likeness (QED) is 0.226. The lowest BCUT2D eigenvalue weighted by Crippen LogP contribution is -2.42. The molecular formula is C17H35IN4O4S. The molecule has 0 aromatic rings. The van der Waals surface area contributed by atoms with Crippen LogP contribution in [0.1, 0.15) is 40.0 Å². The van der Waals surface area contributed by atoms with E-state index in [9.17, 15) is 13.2 Å². The Labute approximate surface area is 180 Å². The van der Waals surface area contributed by atoms with Gasteiger partial charge in [-0.05, 0) is 25.7 Å². The van der Waals surface area contributed by atoms with Gasteiger partial charge in [0.05, 0.1) is 17.6 Å². The van der Waals surface area contributed by atoms with Gasteiger partial charge in [0.1, 0.15) is 0 Å². The standard InChI is InChI=1S/C17H34N4O4S.HI/c1-5-25-15(13(2)3)6-9-19-17(18-4)20-10-7-16(22)21-14-8-11-26(23,24)12-14;/h13-15H,5-12H2,1-4H3,(H,21,22)(H2,18,19,20);1H. The Kier molecular flexibility index (Phi) is 13.2. The van der Waals surface area contributed by atoms with E-state index in [1.54, 1.807) is 7.05 Å². The second-order valence-corrected chi connectivity index (χ2v) is 9.10. The van der Waals surface area contributed by atoms with Gasteiger partial charge in [-0.25, -0.2) is 8.42 Å². The maximum absolute atomic E-state index is 11.9. The molecule has 2 unspecified atom stereocenters. The highest BCUT2D eigenvalue weighted by Gasteiger charge is 2.28. The molecule has 1 amide bonds. The fraction of sp³-hybridized carbons (Fsp3) is 0.882. The van der Waals surface area contributed by atoms with Crippen LogP contribution in [0.25, 0.3) is 0 Å². The summed E-state index contributed by atoms with van der Waals surface area (Å²) >= 11 is 0. The van der Waals surface area contributed by atoms with Gasteiger partial charge < -0.3 is 20.7 Å². The lowest BCUT2D eigenvalue weighted by molar-refractivity contribution is -0.121. The largest absolute Gasteiger partial charge is 0.378 e. The molecule has 160 valence electrons. The first-order valence-corrected chi connectivity index (χ1v) is 11.2. The van der Waals surface area contributed by atoms with Crippen LogP contribution >= 0.6 is 24.0 Å². The van der Waals surface area contributed by atoms with E-state index < -0.39 is 9.84 Å². The monoisotopic (exact) mass is 518 g/mol. The molecular weight excluding hydrogens is 483 g/mol. The summed E-state index contributed by atoms with van der Waals surface area (Å²) in [5.74, 6) is 1.15. The van der Waals surface area contributed by atoms with Crippen LogP contribution in [0.4, 0.5) is 0 Å². The van der Waals surface area contributed by atoms with Crippen LogP contribution in [-0.2, 0) is 19.4 Å². The number of carbonyl (C=O) groups excluding carboxylic acids is 1. The third kappa shape index (κ3) is 11.1. The highest BCUT2D eigenvalue weighted by Crippen LogP contribution is 2.11. The number of halogens is 1. The van der Waals surface area contributed by atoms with Gasteiger partial charge >= 0.3 is 0 Å². The summed E-state index contributed by atoms with van der Waals surface area (Å²) in [6.45, 7) is 8.14. The average Bonchev–Trinajstić information content (AvgIpc) is 2.90. The minimum Gasteiger partial charge on any atom is -0.378 e. The number of hydrogen-bond donors (Lipinski definition) is 3. The molecule has 1 aliphatic rings. The van der Waals surface area contributed by atoms with Gasteiger partial charge in [0, 0.05) is 39.2 Å². The molecule has 0 bridgehead atoms. The fourth-order valence-corrected chi connectivity index (χ4v) is 4.55. The molecule has 0 aliphatic carbocycles. The molecule has 1 aliphatic heterocycles. The van der Waals surface area contributed by atoms with Crippen molar-refractivity contribution in [2.75, 3.05) is 38.2 Å². The van der Waals surface area contributed by atoms with Gasteiger partial charge in [-0.15, -0.1) is 24.0 Å². The molecule has 0 spiro atoms. The van der Waals surface area contributed by atoms with Crippen molar-refractivity contribution in [3.63, 3.8) is 0 Å². The van der Waals surface area contributed by atoms with Crippen molar-refractivity contribution in [3.8, 4) is 0 Å². The molecule has 1 heterocycles. The van der Waals surface area contributed by atoms with E-state index in [0.29, 0.717) is 31.4 Å². The van der Waals surface area contributed by atoms with E-state index in [4.69, 9.17) is 4.74 Å². The average molecular weight is 518 g/mol. The number of nitrogens with one attached hydrogen (secondary N) is 3. The second-order valence-electron chi connectivity index (χ2n) is 6.87. The fourth-order valence-electron chi connectivity index (χ4n) is 2.88. The van der Waals surface area contributed by atoms with Gasteiger partial charge in [-0.1, -0.05) is 13.8 Å². The second kappa shape index (κ2) is 13.5. The number of nitrogens with zero attached hydrogens (tertiary/aromatic N) is 1. The van der Waals surface area contributed by atoms with Crippen molar-refractivity contribution in [1.82, 2.24) is 16.0 Å². The molecule has 1 fully saturated rings. The Morgan fingerprint density at radius 1 is 1.26 bits per heavy atom. The van der Waals surface area contributed by atoms with Gasteiger partial charge in [-0.3, -0.25) is 9.79 Å². The number of guanidine groups is 1. The zero-order valence-electron chi connectivity index (χ0n) is 16.8. The van der Waals surface area contributed by atoms with Crippen LogP contribution in [0.15, 0.2) is 4.99 Å². The molecule has 0 radical (unpaired) electrons. The van der Waals surface area contributed by atoms with Crippen LogP contribution in [0, 0.1) is 5.92 Å². The number of aliphatic imine (C=N–C) groups is 1. The topological polar surface area (TPSA) is 109 Å². The first-order valence-electron chi connectivity index (χ1n) is 9.33. The highest BCUT2D eigenvalue weighted by molar-refractivity contribution is 14.0. The Morgan fingerprint density at radius 3 is 2.44 bits per heavy atom. The molecule has 1 saturated heterocycles. The maximum atomic E-state index is 11.9. The number of sulfone groups is 1. The van der Waals surface area contributed by atoms with Crippen molar-refractivity contribution in [3.05, 3.63) is 0 Å². The molecule has 0 aromatic heterocycles. The number of rotatable bonds is 10. The summed E-state index contributed by atoms with van der Waals surface area (Å²) in [6.07, 6.45) is 1.86. The predicted octanol–water partition coefficient (Wildman–Crippen LogP) is 0.914. The van der Waals surface area contributed by atoms with Crippen LogP contribution in [0.3, 0.4) is 0 Å². The zero-order chi connectivity index (χ0) is 19.6. The summed E-state index contributed by atoms with van der Waals surface area (Å²) in [7, 11) is -1.29. The predicted molar refractivity (Wildman–Crippen MR) is 119 cm³/mol. The summed E-state index contributed by atoms with van der Waals surface area (Å²) in [4.78, 5) is 16.0. The van der Waals surface area contributed by atoms with E-state index in [0.717, 1.165) is 13.0 Å². The minimum atomic E-state index is -2.98. The van der Waals surface area contributed by atoms with Crippen molar-refractivity contribution < 1.29 is 17.9 Å². The van der Waals surface area contributed by atoms with E-state index in [1.165, 1.54) is 0 Å². The van der Waals surface area contributed by atoms with Crippen LogP contribution in [-0.4, -0.2) is 70.7 Å². The third-order valence-corrected chi connectivity index (χ3v) is 6.08. The Balaban J connectivity index is 0.00000676. The molecule has 8 nitrogen and oxygen atoms in total. The van der Waals surface area contributed by atoms with Gasteiger partial charge in [0.15, 0.2) is 15.8 Å². The molecule has 0 saturated carbocycles. The minimum absolute atomic E-state index is 0. The summed E-state index contributed by atoms with van der Waals surface area (Å²) in [6, 6.07) is -0.253. The lowest BCUT2D eigenvalue weighted by Gasteiger charge is -2.21. The van der Waals surface area contributed by atoms with Crippen LogP contribution in [0.2, 0.25) is 0 Å². The molecule has 10 heteroatoms. The normalized spacial score (nSPS) is 20.0. The molecule has 27 heavy (non-hydrogen) atoms. The van der Waals surface area contributed by atoms with Crippen molar-refractivity contribution in [2.24, 2.45) is 10.9 Å². The number of hydrogen-bond acceptors (Lipinski definition) is 5.